The lowest BCUT2D eigenvalue weighted by molar-refractivity contribution is -0.141. The third kappa shape index (κ3) is 1.92. The molecule has 5 rings (SSSR count). The number of hydrogen-bond donors (Lipinski definition) is 1. The van der Waals surface area contributed by atoms with E-state index in [1.807, 2.05) is 0 Å². The van der Waals surface area contributed by atoms with Gasteiger partial charge in [-0.1, -0.05) is 26.0 Å². The van der Waals surface area contributed by atoms with Crippen LogP contribution in [0.3, 0.4) is 0 Å². The van der Waals surface area contributed by atoms with Gasteiger partial charge in [-0.05, 0) is 106 Å². The minimum atomic E-state index is -0.450. The predicted molar refractivity (Wildman–Crippen MR) is 112 cm³/mol. The normalized spacial score (nSPS) is 57.2. The lowest BCUT2D eigenvalue weighted by Gasteiger charge is -2.61. The van der Waals surface area contributed by atoms with Crippen molar-refractivity contribution in [2.24, 2.45) is 39.4 Å². The SMILES string of the molecule is C=C1C2CCC3C4(CC[C@]5(C)C(C(C)=O)[C@H](O)C[C@@]35C)CC24CC[C@@H]1N(C)C. The standard InChI is InChI=1S/C25H39NO2/c1-15-17-7-8-20-23(4)13-19(28)21(16(2)27)22(23,3)11-12-25(20)14-24(17,25)10-9-18(15)26(5)6/h17-21,28H,1,7-14H2,2-6H3/t17?,18-,19+,20?,21?,22+,23-,24?,25?/m0/s1. The number of aliphatic hydroxyl groups excluding tert-OH is 1. The molecule has 0 aromatic rings. The van der Waals surface area contributed by atoms with E-state index < -0.39 is 6.10 Å². The summed E-state index contributed by atoms with van der Waals surface area (Å²) in [5, 5.41) is 10.9. The van der Waals surface area contributed by atoms with E-state index >= 15 is 0 Å². The number of likely N-dealkylation sites (N-methyl/N-ethyl adjacent to an activating group) is 1. The van der Waals surface area contributed by atoms with Gasteiger partial charge in [-0.25, -0.2) is 0 Å². The maximum atomic E-state index is 12.5. The molecule has 0 radical (unpaired) electrons. The molecule has 9 atom stereocenters. The number of ketones is 1. The molecule has 1 N–H and O–H groups in total. The van der Waals surface area contributed by atoms with E-state index in [-0.39, 0.29) is 22.5 Å². The van der Waals surface area contributed by atoms with Crippen molar-refractivity contribution in [3.8, 4) is 0 Å². The van der Waals surface area contributed by atoms with Crippen LogP contribution in [-0.4, -0.2) is 42.0 Å². The highest BCUT2D eigenvalue weighted by Gasteiger charge is 2.81. The highest BCUT2D eigenvalue weighted by Crippen LogP contribution is 2.87. The van der Waals surface area contributed by atoms with E-state index in [1.54, 1.807) is 6.92 Å². The summed E-state index contributed by atoms with van der Waals surface area (Å²) >= 11 is 0. The monoisotopic (exact) mass is 385 g/mol. The fraction of sp³-hybridized carbons (Fsp3) is 0.880. The van der Waals surface area contributed by atoms with Gasteiger partial charge in [0.05, 0.1) is 6.10 Å². The molecule has 5 fully saturated rings. The molecule has 0 bridgehead atoms. The van der Waals surface area contributed by atoms with E-state index in [2.05, 4.69) is 39.4 Å². The number of carbonyl (C=O) groups is 1. The number of carbonyl (C=O) groups excluding carboxylic acids is 1. The molecule has 5 unspecified atom stereocenters. The maximum absolute atomic E-state index is 12.5. The van der Waals surface area contributed by atoms with Crippen LogP contribution in [0.25, 0.3) is 0 Å². The second kappa shape index (κ2) is 5.52. The molecular weight excluding hydrogens is 346 g/mol. The fourth-order valence-electron chi connectivity index (χ4n) is 9.99. The molecule has 5 aliphatic carbocycles. The molecule has 28 heavy (non-hydrogen) atoms. The van der Waals surface area contributed by atoms with Crippen LogP contribution >= 0.6 is 0 Å². The Morgan fingerprint density at radius 3 is 2.43 bits per heavy atom. The number of aliphatic hydroxyl groups is 1. The van der Waals surface area contributed by atoms with Crippen molar-refractivity contribution in [3.05, 3.63) is 12.2 Å². The molecule has 0 amide bonds. The van der Waals surface area contributed by atoms with Gasteiger partial charge < -0.3 is 10.0 Å². The highest BCUT2D eigenvalue weighted by molar-refractivity contribution is 5.80. The quantitative estimate of drug-likeness (QED) is 0.714. The van der Waals surface area contributed by atoms with Crippen LogP contribution in [0.1, 0.15) is 72.1 Å². The molecule has 156 valence electrons. The Hall–Kier alpha value is -0.670. The second-order valence-corrected chi connectivity index (χ2v) is 12.0. The Bertz CT molecular complexity index is 745. The number of Topliss-reactive ketones (excluding diaryl/α,β-unsaturated/α-hetero) is 1. The van der Waals surface area contributed by atoms with Crippen molar-refractivity contribution in [2.45, 2.75) is 84.3 Å². The summed E-state index contributed by atoms with van der Waals surface area (Å²) in [5.74, 6) is 1.39. The van der Waals surface area contributed by atoms with E-state index in [9.17, 15) is 9.90 Å². The summed E-state index contributed by atoms with van der Waals surface area (Å²) in [4.78, 5) is 14.9. The van der Waals surface area contributed by atoms with Crippen molar-refractivity contribution >= 4 is 5.78 Å². The van der Waals surface area contributed by atoms with Crippen LogP contribution < -0.4 is 0 Å². The van der Waals surface area contributed by atoms with Crippen molar-refractivity contribution in [2.75, 3.05) is 14.1 Å². The van der Waals surface area contributed by atoms with E-state index in [4.69, 9.17) is 0 Å². The van der Waals surface area contributed by atoms with Crippen LogP contribution in [0.2, 0.25) is 0 Å². The number of nitrogens with zero attached hydrogens (tertiary/aromatic N) is 1. The first-order valence-corrected chi connectivity index (χ1v) is 11.6. The minimum Gasteiger partial charge on any atom is -0.392 e. The van der Waals surface area contributed by atoms with Gasteiger partial charge in [0.25, 0.3) is 0 Å². The van der Waals surface area contributed by atoms with Crippen LogP contribution in [0.4, 0.5) is 0 Å². The molecule has 0 heterocycles. The van der Waals surface area contributed by atoms with Crippen LogP contribution in [0, 0.1) is 39.4 Å². The third-order valence-electron chi connectivity index (χ3n) is 11.2. The Kier molecular flexibility index (Phi) is 3.80. The lowest BCUT2D eigenvalue weighted by Crippen LogP contribution is -2.55. The molecular formula is C25H39NO2. The summed E-state index contributed by atoms with van der Waals surface area (Å²) in [6, 6.07) is 0.546. The molecule has 0 aromatic carbocycles. The summed E-state index contributed by atoms with van der Waals surface area (Å²) in [5.41, 5.74) is 2.48. The zero-order valence-corrected chi connectivity index (χ0v) is 18.6. The summed E-state index contributed by atoms with van der Waals surface area (Å²) in [7, 11) is 4.41. The second-order valence-electron chi connectivity index (χ2n) is 12.0. The fourth-order valence-corrected chi connectivity index (χ4v) is 9.99. The van der Waals surface area contributed by atoms with Gasteiger partial charge in [0.1, 0.15) is 5.78 Å². The number of rotatable bonds is 2. The summed E-state index contributed by atoms with van der Waals surface area (Å²) < 4.78 is 0. The minimum absolute atomic E-state index is 0.0391. The summed E-state index contributed by atoms with van der Waals surface area (Å²) in [6.07, 6.45) is 9.25. The zero-order chi connectivity index (χ0) is 20.3. The molecule has 3 nitrogen and oxygen atoms in total. The Balaban J connectivity index is 1.52. The Morgan fingerprint density at radius 1 is 1.07 bits per heavy atom. The Morgan fingerprint density at radius 2 is 1.79 bits per heavy atom. The van der Waals surface area contributed by atoms with Crippen LogP contribution in [-0.2, 0) is 4.79 Å². The number of hydrogen-bond acceptors (Lipinski definition) is 3. The molecule has 5 aliphatic rings. The van der Waals surface area contributed by atoms with Gasteiger partial charge in [-0.2, -0.15) is 0 Å². The van der Waals surface area contributed by atoms with Crippen molar-refractivity contribution in [1.29, 1.82) is 0 Å². The third-order valence-corrected chi connectivity index (χ3v) is 11.2. The van der Waals surface area contributed by atoms with Crippen molar-refractivity contribution in [3.63, 3.8) is 0 Å². The smallest absolute Gasteiger partial charge is 0.136 e. The molecule has 5 saturated carbocycles. The van der Waals surface area contributed by atoms with Crippen LogP contribution in [0.15, 0.2) is 12.2 Å². The summed E-state index contributed by atoms with van der Waals surface area (Å²) in [6.45, 7) is 11.1. The van der Waals surface area contributed by atoms with Gasteiger partial charge in [0.2, 0.25) is 0 Å². The predicted octanol–water partition coefficient (Wildman–Crippen LogP) is 4.45. The Labute approximate surface area is 170 Å². The topological polar surface area (TPSA) is 40.5 Å². The van der Waals surface area contributed by atoms with E-state index in [0.29, 0.717) is 28.7 Å². The molecule has 3 heteroatoms. The van der Waals surface area contributed by atoms with Gasteiger partial charge in [-0.15, -0.1) is 0 Å². The lowest BCUT2D eigenvalue weighted by atomic mass is 9.43. The molecule has 0 saturated heterocycles. The van der Waals surface area contributed by atoms with E-state index in [0.717, 1.165) is 12.8 Å². The van der Waals surface area contributed by atoms with E-state index in [1.165, 1.54) is 44.1 Å². The molecule has 2 spiro atoms. The van der Waals surface area contributed by atoms with Crippen molar-refractivity contribution < 1.29 is 9.90 Å². The highest BCUT2D eigenvalue weighted by atomic mass is 16.3. The largest absolute Gasteiger partial charge is 0.392 e. The molecule has 0 aromatic heterocycles. The average molecular weight is 386 g/mol. The zero-order valence-electron chi connectivity index (χ0n) is 18.6. The maximum Gasteiger partial charge on any atom is 0.136 e. The first-order valence-electron chi connectivity index (χ1n) is 11.6. The first-order chi connectivity index (χ1) is 13.0. The number of fused-ring (bicyclic) bond motifs is 2. The molecule has 0 aliphatic heterocycles. The van der Waals surface area contributed by atoms with Gasteiger partial charge in [0.15, 0.2) is 0 Å². The van der Waals surface area contributed by atoms with Crippen LogP contribution in [0.5, 0.6) is 0 Å². The van der Waals surface area contributed by atoms with Gasteiger partial charge in [0, 0.05) is 12.0 Å². The van der Waals surface area contributed by atoms with Gasteiger partial charge >= 0.3 is 0 Å². The first kappa shape index (κ1) is 19.3. The van der Waals surface area contributed by atoms with Crippen molar-refractivity contribution in [1.82, 2.24) is 4.90 Å². The van der Waals surface area contributed by atoms with Gasteiger partial charge in [-0.3, -0.25) is 4.79 Å². The average Bonchev–Trinajstić information content (AvgIpc) is 3.19.